The van der Waals surface area contributed by atoms with Gasteiger partial charge in [-0.05, 0) is 20.0 Å². The van der Waals surface area contributed by atoms with Crippen molar-refractivity contribution < 1.29 is 18.8 Å². The van der Waals surface area contributed by atoms with Crippen LogP contribution in [0, 0.1) is 6.92 Å². The quantitative estimate of drug-likeness (QED) is 0.694. The molecule has 0 atom stereocenters. The van der Waals surface area contributed by atoms with Gasteiger partial charge in [0.2, 0.25) is 0 Å². The number of fused-ring (bicyclic) bond motifs is 2. The molecule has 1 aliphatic heterocycles. The topological polar surface area (TPSA) is 97.6 Å². The number of para-hydroxylation sites is 1. The van der Waals surface area contributed by atoms with Crippen LogP contribution in [0.25, 0.3) is 10.9 Å². The van der Waals surface area contributed by atoms with Crippen LogP contribution in [0.5, 0.6) is 0 Å². The number of carbonyl (C=O) groups excluding carboxylic acids is 2. The maximum atomic E-state index is 12.9. The van der Waals surface area contributed by atoms with Crippen LogP contribution >= 0.6 is 0 Å². The summed E-state index contributed by atoms with van der Waals surface area (Å²) in [6.07, 6.45) is 0.767. The molecule has 1 aromatic carbocycles. The third-order valence-electron chi connectivity index (χ3n) is 4.67. The van der Waals surface area contributed by atoms with E-state index in [2.05, 4.69) is 15.4 Å². The number of pyridine rings is 1. The summed E-state index contributed by atoms with van der Waals surface area (Å²) >= 11 is 0. The molecular formula is C20H20N4O4. The van der Waals surface area contributed by atoms with E-state index in [0.29, 0.717) is 17.9 Å². The molecule has 144 valence electrons. The largest absolute Gasteiger partial charge is 0.452 e. The van der Waals surface area contributed by atoms with Gasteiger partial charge in [-0.3, -0.25) is 9.78 Å². The molecule has 0 spiro atoms. The van der Waals surface area contributed by atoms with Crippen LogP contribution in [0.4, 0.5) is 5.82 Å². The molecule has 0 fully saturated rings. The van der Waals surface area contributed by atoms with Crippen molar-refractivity contribution in [1.29, 1.82) is 0 Å². The van der Waals surface area contributed by atoms with Crippen molar-refractivity contribution in [2.24, 2.45) is 0 Å². The molecule has 1 aliphatic rings. The average Bonchev–Trinajstić information content (AvgIpc) is 3.09. The molecule has 0 bridgehead atoms. The third-order valence-corrected chi connectivity index (χ3v) is 4.67. The van der Waals surface area contributed by atoms with Gasteiger partial charge in [0, 0.05) is 42.2 Å². The second kappa shape index (κ2) is 7.40. The molecule has 0 unspecified atom stereocenters. The Hall–Kier alpha value is -3.26. The van der Waals surface area contributed by atoms with Gasteiger partial charge in [0.05, 0.1) is 11.1 Å². The first kappa shape index (κ1) is 18.1. The number of benzene rings is 1. The molecule has 8 nitrogen and oxygen atoms in total. The smallest absolute Gasteiger partial charge is 0.339 e. The van der Waals surface area contributed by atoms with Crippen LogP contribution < -0.4 is 5.32 Å². The Kier molecular flexibility index (Phi) is 4.79. The van der Waals surface area contributed by atoms with Gasteiger partial charge in [-0.1, -0.05) is 23.4 Å². The molecule has 2 aromatic heterocycles. The van der Waals surface area contributed by atoms with E-state index < -0.39 is 18.5 Å². The van der Waals surface area contributed by atoms with Gasteiger partial charge in [0.15, 0.2) is 12.4 Å². The molecule has 0 saturated carbocycles. The van der Waals surface area contributed by atoms with E-state index in [-0.39, 0.29) is 5.82 Å². The van der Waals surface area contributed by atoms with E-state index in [1.807, 2.05) is 31.3 Å². The molecule has 3 heterocycles. The fourth-order valence-corrected chi connectivity index (χ4v) is 3.37. The number of nitrogens with one attached hydrogen (secondary N) is 1. The van der Waals surface area contributed by atoms with Gasteiger partial charge in [0.1, 0.15) is 5.76 Å². The van der Waals surface area contributed by atoms with Crippen molar-refractivity contribution in [3.05, 3.63) is 52.9 Å². The number of rotatable bonds is 4. The summed E-state index contributed by atoms with van der Waals surface area (Å²) in [5.41, 5.74) is 3.01. The lowest BCUT2D eigenvalue weighted by Crippen LogP contribution is -2.30. The zero-order chi connectivity index (χ0) is 19.7. The second-order valence-corrected chi connectivity index (χ2v) is 6.86. The number of nitrogens with zero attached hydrogens (tertiary/aromatic N) is 3. The number of likely N-dealkylation sites (N-methyl/N-ethyl adjacent to an activating group) is 1. The highest BCUT2D eigenvalue weighted by atomic mass is 16.5. The number of aryl methyl sites for hydroxylation is 1. The summed E-state index contributed by atoms with van der Waals surface area (Å²) in [4.78, 5) is 31.8. The minimum atomic E-state index is -0.531. The number of amides is 1. The number of esters is 1. The lowest BCUT2D eigenvalue weighted by atomic mass is 9.96. The lowest BCUT2D eigenvalue weighted by Gasteiger charge is -2.26. The van der Waals surface area contributed by atoms with Gasteiger partial charge in [-0.25, -0.2) is 4.79 Å². The lowest BCUT2D eigenvalue weighted by molar-refractivity contribution is -0.119. The monoisotopic (exact) mass is 380 g/mol. The molecule has 1 amide bonds. The Bertz CT molecular complexity index is 1060. The van der Waals surface area contributed by atoms with Crippen molar-refractivity contribution >= 4 is 28.6 Å². The summed E-state index contributed by atoms with van der Waals surface area (Å²) < 4.78 is 10.2. The van der Waals surface area contributed by atoms with Crippen molar-refractivity contribution in [3.63, 3.8) is 0 Å². The fourth-order valence-electron chi connectivity index (χ4n) is 3.37. The Morgan fingerprint density at radius 3 is 2.93 bits per heavy atom. The zero-order valence-electron chi connectivity index (χ0n) is 15.7. The van der Waals surface area contributed by atoms with Crippen LogP contribution in [0.2, 0.25) is 0 Å². The van der Waals surface area contributed by atoms with E-state index in [1.165, 1.54) is 0 Å². The number of ether oxygens (including phenoxy) is 1. The van der Waals surface area contributed by atoms with Crippen molar-refractivity contribution in [3.8, 4) is 0 Å². The highest BCUT2D eigenvalue weighted by Gasteiger charge is 2.25. The minimum Gasteiger partial charge on any atom is -0.452 e. The molecular weight excluding hydrogens is 360 g/mol. The number of anilines is 1. The molecule has 3 aromatic rings. The van der Waals surface area contributed by atoms with Crippen LogP contribution in [0.1, 0.15) is 27.4 Å². The Morgan fingerprint density at radius 2 is 2.14 bits per heavy atom. The van der Waals surface area contributed by atoms with Gasteiger partial charge in [0.25, 0.3) is 5.91 Å². The maximum absolute atomic E-state index is 12.9. The van der Waals surface area contributed by atoms with Crippen molar-refractivity contribution in [2.45, 2.75) is 19.9 Å². The average molecular weight is 380 g/mol. The molecule has 0 saturated heterocycles. The normalized spacial score (nSPS) is 13.9. The number of aromatic nitrogens is 2. The van der Waals surface area contributed by atoms with Crippen LogP contribution in [0.3, 0.4) is 0 Å². The number of hydrogen-bond donors (Lipinski definition) is 1. The van der Waals surface area contributed by atoms with Crippen molar-refractivity contribution in [2.75, 3.05) is 25.5 Å². The second-order valence-electron chi connectivity index (χ2n) is 6.86. The highest BCUT2D eigenvalue weighted by Crippen LogP contribution is 2.28. The summed E-state index contributed by atoms with van der Waals surface area (Å²) in [5, 5.41) is 6.95. The highest BCUT2D eigenvalue weighted by molar-refractivity contribution is 6.06. The van der Waals surface area contributed by atoms with Gasteiger partial charge >= 0.3 is 5.97 Å². The van der Waals surface area contributed by atoms with Gasteiger partial charge in [-0.2, -0.15) is 0 Å². The van der Waals surface area contributed by atoms with Crippen LogP contribution in [0.15, 0.2) is 34.9 Å². The van der Waals surface area contributed by atoms with Crippen LogP contribution in [-0.2, 0) is 22.5 Å². The fraction of sp³-hybridized carbons (Fsp3) is 0.300. The molecule has 8 heteroatoms. The Balaban J connectivity index is 1.58. The Labute approximate surface area is 161 Å². The summed E-state index contributed by atoms with van der Waals surface area (Å²) in [7, 11) is 2.00. The van der Waals surface area contributed by atoms with E-state index in [4.69, 9.17) is 14.2 Å². The molecule has 0 radical (unpaired) electrons. The summed E-state index contributed by atoms with van der Waals surface area (Å²) in [6, 6.07) is 9.07. The predicted octanol–water partition coefficient (Wildman–Crippen LogP) is 2.31. The van der Waals surface area contributed by atoms with Gasteiger partial charge in [-0.15, -0.1) is 0 Å². The van der Waals surface area contributed by atoms with E-state index >= 15 is 0 Å². The zero-order valence-corrected chi connectivity index (χ0v) is 15.7. The standard InChI is InChI=1S/C20H20N4O4/c1-12-9-17(23-28-12)22-18(25)11-27-20(26)19-13-5-3-4-6-15(13)21-16-7-8-24(2)10-14(16)19/h3-6,9H,7-8,10-11H2,1-2H3,(H,22,23,25). The minimum absolute atomic E-state index is 0.284. The maximum Gasteiger partial charge on any atom is 0.339 e. The van der Waals surface area contributed by atoms with Crippen molar-refractivity contribution in [1.82, 2.24) is 15.0 Å². The number of hydrogen-bond acceptors (Lipinski definition) is 7. The predicted molar refractivity (Wildman–Crippen MR) is 102 cm³/mol. The van der Waals surface area contributed by atoms with Gasteiger partial charge < -0.3 is 19.5 Å². The first-order valence-corrected chi connectivity index (χ1v) is 9.00. The summed E-state index contributed by atoms with van der Waals surface area (Å²) in [5.74, 6) is -0.152. The van der Waals surface area contributed by atoms with E-state index in [0.717, 1.165) is 35.1 Å². The Morgan fingerprint density at radius 1 is 1.32 bits per heavy atom. The molecule has 28 heavy (non-hydrogen) atoms. The first-order valence-electron chi connectivity index (χ1n) is 9.00. The molecule has 0 aliphatic carbocycles. The summed E-state index contributed by atoms with van der Waals surface area (Å²) in [6.45, 7) is 2.80. The van der Waals surface area contributed by atoms with E-state index in [1.54, 1.807) is 13.0 Å². The number of carbonyl (C=O) groups is 2. The molecule has 4 rings (SSSR count). The van der Waals surface area contributed by atoms with E-state index in [9.17, 15) is 9.59 Å². The third kappa shape index (κ3) is 3.59. The van der Waals surface area contributed by atoms with Crippen LogP contribution in [-0.4, -0.2) is 47.1 Å². The molecule has 1 N–H and O–H groups in total. The first-order chi connectivity index (χ1) is 13.5. The SMILES string of the molecule is Cc1cc(NC(=O)COC(=O)c2c3c(nc4ccccc24)CCN(C)C3)no1.